The highest BCUT2D eigenvalue weighted by Crippen LogP contribution is 2.17. The molecular formula is C19H26N2. The van der Waals surface area contributed by atoms with Crippen molar-refractivity contribution < 1.29 is 0 Å². The number of anilines is 1. The van der Waals surface area contributed by atoms with Gasteiger partial charge in [0.2, 0.25) is 0 Å². The second-order valence-corrected chi connectivity index (χ2v) is 5.62. The van der Waals surface area contributed by atoms with Crippen molar-refractivity contribution in [1.82, 2.24) is 5.32 Å². The largest absolute Gasteiger partial charge is 0.370 e. The molecule has 112 valence electrons. The number of nitrogens with one attached hydrogen (secondary N) is 1. The molecule has 2 heteroatoms. The molecule has 2 nitrogen and oxygen atoms in total. The van der Waals surface area contributed by atoms with Crippen LogP contribution in [0.1, 0.15) is 23.6 Å². The molecule has 0 aliphatic rings. The van der Waals surface area contributed by atoms with Crippen LogP contribution in [0.5, 0.6) is 0 Å². The van der Waals surface area contributed by atoms with Crippen LogP contribution < -0.4 is 10.2 Å². The van der Waals surface area contributed by atoms with E-state index in [0.717, 1.165) is 26.1 Å². The Hall–Kier alpha value is -1.80. The van der Waals surface area contributed by atoms with Crippen molar-refractivity contribution in [2.24, 2.45) is 0 Å². The zero-order valence-electron chi connectivity index (χ0n) is 13.4. The standard InChI is InChI=1S/C19H26N2/c1-4-20-13-12-17-8-10-18(11-9-17)15-21(3)19-7-5-6-16(2)14-19/h5-11,14,20H,4,12-13,15H2,1-3H3. The Balaban J connectivity index is 1.93. The van der Waals surface area contributed by atoms with Gasteiger partial charge in [-0.25, -0.2) is 0 Å². The van der Waals surface area contributed by atoms with Gasteiger partial charge in [-0.2, -0.15) is 0 Å². The number of hydrogen-bond donors (Lipinski definition) is 1. The van der Waals surface area contributed by atoms with Crippen LogP contribution in [0.2, 0.25) is 0 Å². The van der Waals surface area contributed by atoms with Gasteiger partial charge in [-0.3, -0.25) is 0 Å². The lowest BCUT2D eigenvalue weighted by Crippen LogP contribution is -2.17. The van der Waals surface area contributed by atoms with Crippen molar-refractivity contribution >= 4 is 5.69 Å². The Kier molecular flexibility index (Phi) is 5.82. The van der Waals surface area contributed by atoms with Crippen LogP contribution in [0.25, 0.3) is 0 Å². The molecule has 0 heterocycles. The van der Waals surface area contributed by atoms with E-state index in [0.29, 0.717) is 0 Å². The van der Waals surface area contributed by atoms with E-state index in [9.17, 15) is 0 Å². The Morgan fingerprint density at radius 1 is 1.00 bits per heavy atom. The molecule has 1 N–H and O–H groups in total. The van der Waals surface area contributed by atoms with Gasteiger partial charge in [0.25, 0.3) is 0 Å². The third kappa shape index (κ3) is 4.91. The minimum atomic E-state index is 0.941. The number of hydrogen-bond acceptors (Lipinski definition) is 2. The lowest BCUT2D eigenvalue weighted by molar-refractivity contribution is 0.716. The predicted octanol–water partition coefficient (Wildman–Crippen LogP) is 3.78. The third-order valence-electron chi connectivity index (χ3n) is 3.73. The number of nitrogens with zero attached hydrogens (tertiary/aromatic N) is 1. The molecule has 0 aromatic heterocycles. The van der Waals surface area contributed by atoms with Crippen LogP contribution in [0.3, 0.4) is 0 Å². The molecule has 2 aromatic carbocycles. The summed E-state index contributed by atoms with van der Waals surface area (Å²) >= 11 is 0. The first-order valence-electron chi connectivity index (χ1n) is 7.75. The maximum atomic E-state index is 3.36. The molecule has 0 saturated carbocycles. The Labute approximate surface area is 128 Å². The van der Waals surface area contributed by atoms with Crippen LogP contribution in [0.4, 0.5) is 5.69 Å². The van der Waals surface area contributed by atoms with Gasteiger partial charge in [0.15, 0.2) is 0 Å². The molecule has 0 aliphatic heterocycles. The van der Waals surface area contributed by atoms with Crippen molar-refractivity contribution in [2.45, 2.75) is 26.8 Å². The van der Waals surface area contributed by atoms with Gasteiger partial charge < -0.3 is 10.2 Å². The summed E-state index contributed by atoms with van der Waals surface area (Å²) in [4.78, 5) is 2.29. The summed E-state index contributed by atoms with van der Waals surface area (Å²) in [5, 5.41) is 3.36. The molecular weight excluding hydrogens is 256 g/mol. The lowest BCUT2D eigenvalue weighted by Gasteiger charge is -2.20. The molecule has 2 aromatic rings. The highest BCUT2D eigenvalue weighted by atomic mass is 15.1. The fourth-order valence-corrected chi connectivity index (χ4v) is 2.45. The van der Waals surface area contributed by atoms with E-state index >= 15 is 0 Å². The van der Waals surface area contributed by atoms with E-state index in [1.807, 2.05) is 0 Å². The van der Waals surface area contributed by atoms with Crippen LogP contribution in [-0.2, 0) is 13.0 Å². The molecule has 0 amide bonds. The topological polar surface area (TPSA) is 15.3 Å². The first kappa shape index (κ1) is 15.6. The Morgan fingerprint density at radius 2 is 1.71 bits per heavy atom. The minimum Gasteiger partial charge on any atom is -0.370 e. The minimum absolute atomic E-state index is 0.941. The zero-order chi connectivity index (χ0) is 15.1. The zero-order valence-corrected chi connectivity index (χ0v) is 13.4. The second kappa shape index (κ2) is 7.84. The molecule has 0 atom stereocenters. The summed E-state index contributed by atoms with van der Waals surface area (Å²) < 4.78 is 0. The van der Waals surface area contributed by atoms with Gasteiger partial charge in [0.1, 0.15) is 0 Å². The summed E-state index contributed by atoms with van der Waals surface area (Å²) in [5.41, 5.74) is 5.33. The predicted molar refractivity (Wildman–Crippen MR) is 92.0 cm³/mol. The summed E-state index contributed by atoms with van der Waals surface area (Å²) in [7, 11) is 2.15. The Morgan fingerprint density at radius 3 is 2.38 bits per heavy atom. The van der Waals surface area contributed by atoms with Crippen LogP contribution in [0.15, 0.2) is 48.5 Å². The molecule has 21 heavy (non-hydrogen) atoms. The molecule has 0 radical (unpaired) electrons. The van der Waals surface area contributed by atoms with E-state index < -0.39 is 0 Å². The highest BCUT2D eigenvalue weighted by Gasteiger charge is 2.02. The second-order valence-electron chi connectivity index (χ2n) is 5.62. The van der Waals surface area contributed by atoms with Crippen molar-refractivity contribution in [1.29, 1.82) is 0 Å². The van der Waals surface area contributed by atoms with Crippen LogP contribution in [-0.4, -0.2) is 20.1 Å². The monoisotopic (exact) mass is 282 g/mol. The quantitative estimate of drug-likeness (QED) is 0.777. The average Bonchev–Trinajstić information content (AvgIpc) is 2.49. The fourth-order valence-electron chi connectivity index (χ4n) is 2.45. The van der Waals surface area contributed by atoms with Crippen LogP contribution in [0, 0.1) is 6.92 Å². The van der Waals surface area contributed by atoms with E-state index in [1.165, 1.54) is 22.4 Å². The summed E-state index contributed by atoms with van der Waals surface area (Å²) in [6.07, 6.45) is 1.10. The molecule has 0 bridgehead atoms. The number of aryl methyl sites for hydroxylation is 1. The first-order chi connectivity index (χ1) is 10.2. The maximum Gasteiger partial charge on any atom is 0.0426 e. The molecule has 0 aliphatic carbocycles. The number of benzene rings is 2. The van der Waals surface area contributed by atoms with Crippen molar-refractivity contribution in [3.8, 4) is 0 Å². The SMILES string of the molecule is CCNCCc1ccc(CN(C)c2cccc(C)c2)cc1. The van der Waals surface area contributed by atoms with Gasteiger partial charge in [-0.15, -0.1) is 0 Å². The van der Waals surface area contributed by atoms with E-state index in [1.54, 1.807) is 0 Å². The van der Waals surface area contributed by atoms with Crippen LogP contribution >= 0.6 is 0 Å². The van der Waals surface area contributed by atoms with Gasteiger partial charge >= 0.3 is 0 Å². The summed E-state index contributed by atoms with van der Waals surface area (Å²) in [6, 6.07) is 17.6. The van der Waals surface area contributed by atoms with E-state index in [2.05, 4.69) is 79.6 Å². The highest BCUT2D eigenvalue weighted by molar-refractivity contribution is 5.48. The van der Waals surface area contributed by atoms with Gasteiger partial charge in [0, 0.05) is 19.3 Å². The third-order valence-corrected chi connectivity index (χ3v) is 3.73. The summed E-state index contributed by atoms with van der Waals surface area (Å²) in [5.74, 6) is 0. The Bertz CT molecular complexity index is 546. The van der Waals surface area contributed by atoms with Gasteiger partial charge in [-0.05, 0) is 55.3 Å². The van der Waals surface area contributed by atoms with Gasteiger partial charge in [0.05, 0.1) is 0 Å². The first-order valence-corrected chi connectivity index (χ1v) is 7.75. The average molecular weight is 282 g/mol. The molecule has 2 rings (SSSR count). The molecule has 0 saturated heterocycles. The van der Waals surface area contributed by atoms with Crippen molar-refractivity contribution in [2.75, 3.05) is 25.0 Å². The number of rotatable bonds is 7. The maximum absolute atomic E-state index is 3.36. The van der Waals surface area contributed by atoms with Crippen molar-refractivity contribution in [3.63, 3.8) is 0 Å². The molecule has 0 unspecified atom stereocenters. The smallest absolute Gasteiger partial charge is 0.0426 e. The molecule has 0 spiro atoms. The lowest BCUT2D eigenvalue weighted by atomic mass is 10.1. The molecule has 0 fully saturated rings. The van der Waals surface area contributed by atoms with E-state index in [4.69, 9.17) is 0 Å². The normalized spacial score (nSPS) is 10.6. The van der Waals surface area contributed by atoms with E-state index in [-0.39, 0.29) is 0 Å². The number of likely N-dealkylation sites (N-methyl/N-ethyl adjacent to an activating group) is 1. The summed E-state index contributed by atoms with van der Waals surface area (Å²) in [6.45, 7) is 7.32. The van der Waals surface area contributed by atoms with Gasteiger partial charge in [-0.1, -0.05) is 43.3 Å². The van der Waals surface area contributed by atoms with Crippen molar-refractivity contribution in [3.05, 3.63) is 65.2 Å². The fraction of sp³-hybridized carbons (Fsp3) is 0.368.